The van der Waals surface area contributed by atoms with E-state index in [-0.39, 0.29) is 17.7 Å². The maximum Gasteiger partial charge on any atom is 0.229 e. The summed E-state index contributed by atoms with van der Waals surface area (Å²) in [5.41, 5.74) is 7.28. The first-order valence-electron chi connectivity index (χ1n) is 6.34. The van der Waals surface area contributed by atoms with Crippen LogP contribution in [0.3, 0.4) is 0 Å². The van der Waals surface area contributed by atoms with Crippen molar-refractivity contribution in [2.45, 2.75) is 13.8 Å². The fraction of sp³-hybridized carbons (Fsp3) is 0.500. The van der Waals surface area contributed by atoms with Crippen LogP contribution in [0, 0.1) is 11.8 Å². The number of nitrogens with two attached hydrogens (primary N) is 1. The molecule has 1 unspecified atom stereocenters. The highest BCUT2D eigenvalue weighted by Crippen LogP contribution is 2.28. The predicted octanol–water partition coefficient (Wildman–Crippen LogP) is 2.58. The molecule has 1 aromatic carbocycles. The quantitative estimate of drug-likeness (QED) is 0.873. The van der Waals surface area contributed by atoms with E-state index >= 15 is 0 Å². The van der Waals surface area contributed by atoms with Crippen molar-refractivity contribution in [2.75, 3.05) is 30.9 Å². The Bertz CT molecular complexity index is 446. The van der Waals surface area contributed by atoms with E-state index in [1.165, 1.54) is 0 Å². The van der Waals surface area contributed by atoms with Gasteiger partial charge in [-0.2, -0.15) is 0 Å². The molecule has 4 nitrogen and oxygen atoms in total. The van der Waals surface area contributed by atoms with Crippen LogP contribution >= 0.6 is 11.6 Å². The number of halogens is 1. The van der Waals surface area contributed by atoms with Crippen molar-refractivity contribution in [3.05, 3.63) is 23.2 Å². The van der Waals surface area contributed by atoms with Crippen molar-refractivity contribution < 1.29 is 4.79 Å². The summed E-state index contributed by atoms with van der Waals surface area (Å²) in [6.07, 6.45) is 0. The van der Waals surface area contributed by atoms with Gasteiger partial charge in [0.1, 0.15) is 0 Å². The number of benzene rings is 1. The maximum atomic E-state index is 12.2. The average Bonchev–Trinajstić information content (AvgIpc) is 2.28. The molecule has 0 saturated heterocycles. The molecule has 0 saturated carbocycles. The van der Waals surface area contributed by atoms with Gasteiger partial charge in [0.25, 0.3) is 0 Å². The Kier molecular flexibility index (Phi) is 5.63. The molecule has 106 valence electrons. The summed E-state index contributed by atoms with van der Waals surface area (Å²) in [6, 6.07) is 5.43. The highest BCUT2D eigenvalue weighted by molar-refractivity contribution is 6.31. The Hall–Kier alpha value is -1.26. The molecule has 0 spiro atoms. The molecule has 0 bridgehead atoms. The largest absolute Gasteiger partial charge is 0.376 e. The Morgan fingerprint density at radius 3 is 2.53 bits per heavy atom. The number of anilines is 2. The van der Waals surface area contributed by atoms with Gasteiger partial charge in [-0.25, -0.2) is 0 Å². The summed E-state index contributed by atoms with van der Waals surface area (Å²) < 4.78 is 0. The molecule has 1 atom stereocenters. The maximum absolute atomic E-state index is 12.2. The van der Waals surface area contributed by atoms with Crippen molar-refractivity contribution in [1.29, 1.82) is 0 Å². The van der Waals surface area contributed by atoms with E-state index in [2.05, 4.69) is 5.32 Å². The average molecular weight is 284 g/mol. The van der Waals surface area contributed by atoms with E-state index < -0.39 is 0 Å². The normalized spacial score (nSPS) is 12.4. The van der Waals surface area contributed by atoms with E-state index in [4.69, 9.17) is 17.3 Å². The number of hydrogen-bond acceptors (Lipinski definition) is 3. The second kappa shape index (κ2) is 6.78. The number of rotatable bonds is 5. The minimum absolute atomic E-state index is 0.0668. The van der Waals surface area contributed by atoms with Gasteiger partial charge in [0.05, 0.1) is 17.3 Å². The summed E-state index contributed by atoms with van der Waals surface area (Å²) in [6.45, 7) is 4.31. The number of amides is 1. The van der Waals surface area contributed by atoms with Gasteiger partial charge < -0.3 is 16.0 Å². The molecule has 19 heavy (non-hydrogen) atoms. The van der Waals surface area contributed by atoms with Crippen LogP contribution in [-0.4, -0.2) is 26.5 Å². The van der Waals surface area contributed by atoms with Crippen LogP contribution < -0.4 is 16.0 Å². The van der Waals surface area contributed by atoms with Gasteiger partial charge in [0, 0.05) is 25.7 Å². The standard InChI is InChI=1S/C14H22ClN3O/c1-9(2)11(8-16)14(19)17-12-7-10(15)5-6-13(12)18(3)4/h5-7,9,11H,8,16H2,1-4H3,(H,17,19). The van der Waals surface area contributed by atoms with E-state index in [0.29, 0.717) is 17.3 Å². The number of carbonyl (C=O) groups is 1. The number of carbonyl (C=O) groups excluding carboxylic acids is 1. The van der Waals surface area contributed by atoms with Crippen molar-refractivity contribution >= 4 is 28.9 Å². The van der Waals surface area contributed by atoms with Crippen LogP contribution in [0.2, 0.25) is 5.02 Å². The Morgan fingerprint density at radius 2 is 2.05 bits per heavy atom. The van der Waals surface area contributed by atoms with Gasteiger partial charge in [-0.1, -0.05) is 25.4 Å². The SMILES string of the molecule is CC(C)C(CN)C(=O)Nc1cc(Cl)ccc1N(C)C. The van der Waals surface area contributed by atoms with Crippen LogP contribution in [0.25, 0.3) is 0 Å². The molecule has 3 N–H and O–H groups in total. The van der Waals surface area contributed by atoms with E-state index in [1.807, 2.05) is 38.9 Å². The third-order valence-corrected chi connectivity index (χ3v) is 3.33. The lowest BCUT2D eigenvalue weighted by molar-refractivity contribution is -0.120. The lowest BCUT2D eigenvalue weighted by atomic mass is 9.95. The minimum Gasteiger partial charge on any atom is -0.376 e. The molecule has 0 radical (unpaired) electrons. The summed E-state index contributed by atoms with van der Waals surface area (Å²) in [5.74, 6) is -0.0659. The Balaban J connectivity index is 2.98. The zero-order chi connectivity index (χ0) is 14.6. The Morgan fingerprint density at radius 1 is 1.42 bits per heavy atom. The second-order valence-electron chi connectivity index (χ2n) is 5.13. The topological polar surface area (TPSA) is 58.4 Å². The smallest absolute Gasteiger partial charge is 0.229 e. The van der Waals surface area contributed by atoms with Crippen LogP contribution in [-0.2, 0) is 4.79 Å². The van der Waals surface area contributed by atoms with Gasteiger partial charge in [-0.05, 0) is 24.1 Å². The molecule has 1 amide bonds. The van der Waals surface area contributed by atoms with Crippen molar-refractivity contribution in [1.82, 2.24) is 0 Å². The molecule has 0 aromatic heterocycles. The monoisotopic (exact) mass is 283 g/mol. The molecule has 0 aliphatic heterocycles. The van der Waals surface area contributed by atoms with E-state index in [9.17, 15) is 4.79 Å². The first-order chi connectivity index (χ1) is 8.86. The predicted molar refractivity (Wildman–Crippen MR) is 81.8 cm³/mol. The zero-order valence-electron chi connectivity index (χ0n) is 11.9. The molecule has 1 aromatic rings. The molecule has 1 rings (SSSR count). The summed E-state index contributed by atoms with van der Waals surface area (Å²) in [5, 5.41) is 3.51. The molecule has 0 aliphatic rings. The third kappa shape index (κ3) is 4.11. The van der Waals surface area contributed by atoms with Gasteiger partial charge in [0.2, 0.25) is 5.91 Å². The zero-order valence-corrected chi connectivity index (χ0v) is 12.7. The Labute approximate surface area is 119 Å². The molecule has 5 heteroatoms. The second-order valence-corrected chi connectivity index (χ2v) is 5.57. The number of nitrogens with one attached hydrogen (secondary N) is 1. The van der Waals surface area contributed by atoms with Crippen molar-refractivity contribution in [3.63, 3.8) is 0 Å². The van der Waals surface area contributed by atoms with Gasteiger partial charge in [-0.15, -0.1) is 0 Å². The fourth-order valence-electron chi connectivity index (χ4n) is 1.91. The van der Waals surface area contributed by atoms with Crippen molar-refractivity contribution in [2.24, 2.45) is 17.6 Å². The first kappa shape index (κ1) is 15.8. The van der Waals surface area contributed by atoms with Crippen molar-refractivity contribution in [3.8, 4) is 0 Å². The van der Waals surface area contributed by atoms with Gasteiger partial charge in [-0.3, -0.25) is 4.79 Å². The first-order valence-corrected chi connectivity index (χ1v) is 6.72. The highest BCUT2D eigenvalue weighted by Gasteiger charge is 2.21. The molecule has 0 heterocycles. The number of nitrogens with zero attached hydrogens (tertiary/aromatic N) is 1. The third-order valence-electron chi connectivity index (χ3n) is 3.09. The molecule has 0 fully saturated rings. The highest BCUT2D eigenvalue weighted by atomic mass is 35.5. The van der Waals surface area contributed by atoms with E-state index in [1.54, 1.807) is 12.1 Å². The molecule has 0 aliphatic carbocycles. The summed E-state index contributed by atoms with van der Waals surface area (Å²) in [4.78, 5) is 14.1. The molecular weight excluding hydrogens is 262 g/mol. The lowest BCUT2D eigenvalue weighted by Crippen LogP contribution is -2.33. The minimum atomic E-state index is -0.200. The number of hydrogen-bond donors (Lipinski definition) is 2. The van der Waals surface area contributed by atoms with Crippen LogP contribution in [0.15, 0.2) is 18.2 Å². The van der Waals surface area contributed by atoms with Crippen LogP contribution in [0.5, 0.6) is 0 Å². The van der Waals surface area contributed by atoms with Crippen LogP contribution in [0.1, 0.15) is 13.8 Å². The van der Waals surface area contributed by atoms with Gasteiger partial charge in [0.15, 0.2) is 0 Å². The van der Waals surface area contributed by atoms with Gasteiger partial charge >= 0.3 is 0 Å². The molecular formula is C14H22ClN3O. The van der Waals surface area contributed by atoms with E-state index in [0.717, 1.165) is 5.69 Å². The summed E-state index contributed by atoms with van der Waals surface area (Å²) >= 11 is 5.99. The fourth-order valence-corrected chi connectivity index (χ4v) is 2.08. The van der Waals surface area contributed by atoms with Crippen LogP contribution in [0.4, 0.5) is 11.4 Å². The summed E-state index contributed by atoms with van der Waals surface area (Å²) in [7, 11) is 3.84. The lowest BCUT2D eigenvalue weighted by Gasteiger charge is -2.22.